The van der Waals surface area contributed by atoms with Crippen LogP contribution in [-0.2, 0) is 6.54 Å². The zero-order chi connectivity index (χ0) is 12.1. The first-order valence-corrected chi connectivity index (χ1v) is 6.73. The lowest BCUT2D eigenvalue weighted by molar-refractivity contribution is 0.220. The van der Waals surface area contributed by atoms with Crippen molar-refractivity contribution < 1.29 is 0 Å². The first-order valence-electron chi connectivity index (χ1n) is 5.93. The van der Waals surface area contributed by atoms with Gasteiger partial charge in [0.15, 0.2) is 0 Å². The Kier molecular flexibility index (Phi) is 5.50. The maximum absolute atomic E-state index is 3.51. The lowest BCUT2D eigenvalue weighted by Gasteiger charge is -2.26. The zero-order valence-electron chi connectivity index (χ0n) is 10.7. The van der Waals surface area contributed by atoms with Gasteiger partial charge in [0.25, 0.3) is 0 Å². The second kappa shape index (κ2) is 6.41. The third kappa shape index (κ3) is 4.67. The van der Waals surface area contributed by atoms with E-state index in [2.05, 4.69) is 72.9 Å². The van der Waals surface area contributed by atoms with Crippen LogP contribution in [-0.4, -0.2) is 18.0 Å². The number of hydrogen-bond donors (Lipinski definition) is 0. The third-order valence-corrected chi connectivity index (χ3v) is 3.38. The van der Waals surface area contributed by atoms with E-state index in [-0.39, 0.29) is 0 Å². The Morgan fingerprint density at radius 1 is 1.25 bits per heavy atom. The van der Waals surface area contributed by atoms with Gasteiger partial charge in [0.2, 0.25) is 0 Å². The Morgan fingerprint density at radius 3 is 2.50 bits per heavy atom. The van der Waals surface area contributed by atoms with Gasteiger partial charge in [-0.15, -0.1) is 0 Å². The summed E-state index contributed by atoms with van der Waals surface area (Å²) in [4.78, 5) is 2.42. The summed E-state index contributed by atoms with van der Waals surface area (Å²) in [6, 6.07) is 9.18. The number of benzene rings is 1. The van der Waals surface area contributed by atoms with Crippen LogP contribution in [0.15, 0.2) is 28.7 Å². The van der Waals surface area contributed by atoms with Gasteiger partial charge in [0.05, 0.1) is 0 Å². The molecule has 0 radical (unpaired) electrons. The summed E-state index contributed by atoms with van der Waals surface area (Å²) < 4.78 is 1.16. The fourth-order valence-corrected chi connectivity index (χ4v) is 2.39. The largest absolute Gasteiger partial charge is 0.299 e. The fourth-order valence-electron chi connectivity index (χ4n) is 1.94. The highest BCUT2D eigenvalue weighted by Gasteiger charge is 2.11. The van der Waals surface area contributed by atoms with Gasteiger partial charge in [-0.05, 0) is 44.0 Å². The molecule has 0 saturated carbocycles. The van der Waals surface area contributed by atoms with Crippen molar-refractivity contribution in [2.75, 3.05) is 7.05 Å². The molecular weight excluding hydrogens is 262 g/mol. The van der Waals surface area contributed by atoms with Crippen LogP contribution in [0.25, 0.3) is 0 Å². The van der Waals surface area contributed by atoms with Crippen molar-refractivity contribution >= 4 is 15.9 Å². The molecule has 0 aliphatic heterocycles. The van der Waals surface area contributed by atoms with Crippen LogP contribution in [0.1, 0.15) is 32.8 Å². The Labute approximate surface area is 108 Å². The molecule has 0 spiro atoms. The molecule has 1 rings (SSSR count). The average molecular weight is 284 g/mol. The average Bonchev–Trinajstić information content (AvgIpc) is 2.16. The lowest BCUT2D eigenvalue weighted by Crippen LogP contribution is -2.29. The van der Waals surface area contributed by atoms with Crippen molar-refractivity contribution in [1.82, 2.24) is 4.90 Å². The highest BCUT2D eigenvalue weighted by atomic mass is 79.9. The highest BCUT2D eigenvalue weighted by Crippen LogP contribution is 2.16. The van der Waals surface area contributed by atoms with E-state index in [9.17, 15) is 0 Å². The van der Waals surface area contributed by atoms with E-state index in [0.29, 0.717) is 6.04 Å². The van der Waals surface area contributed by atoms with Gasteiger partial charge >= 0.3 is 0 Å². The summed E-state index contributed by atoms with van der Waals surface area (Å²) in [6.45, 7) is 7.89. The maximum atomic E-state index is 3.51. The molecule has 0 heterocycles. The van der Waals surface area contributed by atoms with E-state index >= 15 is 0 Å². The molecule has 2 heteroatoms. The zero-order valence-corrected chi connectivity index (χ0v) is 12.3. The van der Waals surface area contributed by atoms with Crippen LogP contribution in [0, 0.1) is 5.92 Å². The molecule has 0 saturated heterocycles. The molecule has 0 fully saturated rings. The van der Waals surface area contributed by atoms with Crippen molar-refractivity contribution in [3.05, 3.63) is 34.3 Å². The van der Waals surface area contributed by atoms with Gasteiger partial charge in [-0.2, -0.15) is 0 Å². The Hall–Kier alpha value is -0.340. The first kappa shape index (κ1) is 13.7. The van der Waals surface area contributed by atoms with Gasteiger partial charge in [-0.25, -0.2) is 0 Å². The maximum Gasteiger partial charge on any atom is 0.0233 e. The highest BCUT2D eigenvalue weighted by molar-refractivity contribution is 9.10. The molecule has 1 atom stereocenters. The minimum Gasteiger partial charge on any atom is -0.299 e. The van der Waals surface area contributed by atoms with Crippen LogP contribution in [0.2, 0.25) is 0 Å². The topological polar surface area (TPSA) is 3.24 Å². The first-order chi connectivity index (χ1) is 7.49. The molecule has 0 N–H and O–H groups in total. The number of hydrogen-bond acceptors (Lipinski definition) is 1. The number of halogens is 1. The quantitative estimate of drug-likeness (QED) is 0.778. The minimum atomic E-state index is 0.638. The van der Waals surface area contributed by atoms with E-state index in [0.717, 1.165) is 16.9 Å². The summed E-state index contributed by atoms with van der Waals surface area (Å²) in [6.07, 6.45) is 1.25. The summed E-state index contributed by atoms with van der Waals surface area (Å²) in [5.41, 5.74) is 1.37. The number of rotatable bonds is 5. The summed E-state index contributed by atoms with van der Waals surface area (Å²) >= 11 is 3.51. The third-order valence-electron chi connectivity index (χ3n) is 2.89. The molecule has 0 amide bonds. The smallest absolute Gasteiger partial charge is 0.0233 e. The standard InChI is InChI=1S/C14H22BrN/c1-11(2)8-12(3)16(4)10-13-6-5-7-14(15)9-13/h5-7,9,11-12H,8,10H2,1-4H3. The van der Waals surface area contributed by atoms with Gasteiger partial charge in [0, 0.05) is 17.1 Å². The van der Waals surface area contributed by atoms with E-state index in [1.807, 2.05) is 0 Å². The van der Waals surface area contributed by atoms with Gasteiger partial charge in [0.1, 0.15) is 0 Å². The summed E-state index contributed by atoms with van der Waals surface area (Å²) in [7, 11) is 2.20. The Balaban J connectivity index is 2.53. The lowest BCUT2D eigenvalue weighted by atomic mass is 10.0. The SMILES string of the molecule is CC(C)CC(C)N(C)Cc1cccc(Br)c1. The molecule has 1 aromatic rings. The number of nitrogens with zero attached hydrogens (tertiary/aromatic N) is 1. The normalized spacial score (nSPS) is 13.4. The van der Waals surface area contributed by atoms with E-state index < -0.39 is 0 Å². The van der Waals surface area contributed by atoms with Gasteiger partial charge in [-0.1, -0.05) is 41.9 Å². The fraction of sp³-hybridized carbons (Fsp3) is 0.571. The molecule has 0 bridgehead atoms. The molecule has 1 aromatic carbocycles. The monoisotopic (exact) mass is 283 g/mol. The van der Waals surface area contributed by atoms with Gasteiger partial charge < -0.3 is 0 Å². The molecule has 1 nitrogen and oxygen atoms in total. The van der Waals surface area contributed by atoms with E-state index in [1.165, 1.54) is 12.0 Å². The molecular formula is C14H22BrN. The van der Waals surface area contributed by atoms with E-state index in [1.54, 1.807) is 0 Å². The summed E-state index contributed by atoms with van der Waals surface area (Å²) in [5.74, 6) is 0.764. The van der Waals surface area contributed by atoms with Crippen molar-refractivity contribution in [2.24, 2.45) is 5.92 Å². The second-order valence-electron chi connectivity index (χ2n) is 5.02. The predicted octanol–water partition coefficient (Wildman–Crippen LogP) is 4.32. The molecule has 90 valence electrons. The molecule has 0 aliphatic carbocycles. The molecule has 0 aliphatic rings. The van der Waals surface area contributed by atoms with Gasteiger partial charge in [-0.3, -0.25) is 4.90 Å². The van der Waals surface area contributed by atoms with Crippen LogP contribution in [0.5, 0.6) is 0 Å². The van der Waals surface area contributed by atoms with Crippen molar-refractivity contribution in [3.8, 4) is 0 Å². The Morgan fingerprint density at radius 2 is 1.94 bits per heavy atom. The van der Waals surface area contributed by atoms with Crippen LogP contribution in [0.3, 0.4) is 0 Å². The summed E-state index contributed by atoms with van der Waals surface area (Å²) in [5, 5.41) is 0. The van der Waals surface area contributed by atoms with Crippen LogP contribution < -0.4 is 0 Å². The van der Waals surface area contributed by atoms with Crippen LogP contribution >= 0.6 is 15.9 Å². The molecule has 1 unspecified atom stereocenters. The van der Waals surface area contributed by atoms with Crippen molar-refractivity contribution in [3.63, 3.8) is 0 Å². The Bertz CT molecular complexity index is 322. The predicted molar refractivity (Wildman–Crippen MR) is 74.5 cm³/mol. The van der Waals surface area contributed by atoms with E-state index in [4.69, 9.17) is 0 Å². The van der Waals surface area contributed by atoms with Crippen molar-refractivity contribution in [1.29, 1.82) is 0 Å². The minimum absolute atomic E-state index is 0.638. The second-order valence-corrected chi connectivity index (χ2v) is 5.94. The van der Waals surface area contributed by atoms with Crippen molar-refractivity contribution in [2.45, 2.75) is 39.8 Å². The molecule has 16 heavy (non-hydrogen) atoms. The van der Waals surface area contributed by atoms with Crippen LogP contribution in [0.4, 0.5) is 0 Å². The molecule has 0 aromatic heterocycles.